The number of ether oxygens (including phenoxy) is 1. The molecule has 0 aliphatic heterocycles. The quantitative estimate of drug-likeness (QED) is 0.772. The molecule has 1 rings (SSSR count). The van der Waals surface area contributed by atoms with E-state index in [2.05, 4.69) is 30.9 Å². The van der Waals surface area contributed by atoms with Crippen LogP contribution in [0.2, 0.25) is 0 Å². The molecule has 0 radical (unpaired) electrons. The Hall–Kier alpha value is -0.940. The van der Waals surface area contributed by atoms with Gasteiger partial charge in [0.05, 0.1) is 5.41 Å². The highest BCUT2D eigenvalue weighted by atomic mass is 16.5. The van der Waals surface area contributed by atoms with Crippen LogP contribution in [0, 0.1) is 0 Å². The zero-order chi connectivity index (χ0) is 13.6. The number of methoxy groups -OCH3 is 1. The average Bonchev–Trinajstić information content (AvgIpc) is 2.89. The fourth-order valence-corrected chi connectivity index (χ4v) is 2.12. The second-order valence-electron chi connectivity index (χ2n) is 4.66. The van der Waals surface area contributed by atoms with Gasteiger partial charge in [-0.1, -0.05) is 32.3 Å². The van der Waals surface area contributed by atoms with Gasteiger partial charge in [-0.15, -0.1) is 0 Å². The van der Waals surface area contributed by atoms with Gasteiger partial charge in [-0.25, -0.2) is 0 Å². The summed E-state index contributed by atoms with van der Waals surface area (Å²) in [6.45, 7) is 6.82. The van der Waals surface area contributed by atoms with Crippen molar-refractivity contribution in [3.8, 4) is 0 Å². The van der Waals surface area contributed by atoms with Crippen LogP contribution in [0.15, 0.2) is 4.52 Å². The molecule has 1 aromatic heterocycles. The topological polar surface area (TPSA) is 74.2 Å². The van der Waals surface area contributed by atoms with Crippen LogP contribution in [-0.2, 0) is 10.2 Å². The molecule has 0 aliphatic rings. The van der Waals surface area contributed by atoms with E-state index < -0.39 is 0 Å². The molecular weight excluding hydrogens is 230 g/mol. The normalized spacial score (nSPS) is 13.8. The third-order valence-electron chi connectivity index (χ3n) is 3.76. The minimum Gasteiger partial charge on any atom is -0.373 e. The lowest BCUT2D eigenvalue weighted by Crippen LogP contribution is -2.34. The number of nitrogens with two attached hydrogens (primary N) is 1. The molecule has 0 bridgehead atoms. The molecule has 0 aromatic carbocycles. The smallest absolute Gasteiger partial charge is 0.234 e. The summed E-state index contributed by atoms with van der Waals surface area (Å²) < 4.78 is 10.8. The third-order valence-corrected chi connectivity index (χ3v) is 3.76. The van der Waals surface area contributed by atoms with Crippen LogP contribution in [0.3, 0.4) is 0 Å². The lowest BCUT2D eigenvalue weighted by molar-refractivity contribution is 0.0854. The molecule has 0 saturated carbocycles. The fraction of sp³-hybridized carbons (Fsp3) is 0.846. The highest BCUT2D eigenvalue weighted by Crippen LogP contribution is 2.30. The monoisotopic (exact) mass is 255 g/mol. The second-order valence-corrected chi connectivity index (χ2v) is 4.66. The number of hydrogen-bond donors (Lipinski definition) is 1. The summed E-state index contributed by atoms with van der Waals surface area (Å²) in [5.74, 6) is 1.28. The lowest BCUT2D eigenvalue weighted by Gasteiger charge is -2.25. The van der Waals surface area contributed by atoms with Crippen molar-refractivity contribution < 1.29 is 9.26 Å². The van der Waals surface area contributed by atoms with Crippen molar-refractivity contribution >= 4 is 0 Å². The summed E-state index contributed by atoms with van der Waals surface area (Å²) in [7, 11) is 1.67. The molecule has 0 fully saturated rings. The van der Waals surface area contributed by atoms with Gasteiger partial charge in [-0.3, -0.25) is 0 Å². The van der Waals surface area contributed by atoms with Gasteiger partial charge in [0.25, 0.3) is 0 Å². The van der Waals surface area contributed by atoms with Crippen molar-refractivity contribution in [3.63, 3.8) is 0 Å². The van der Waals surface area contributed by atoms with Gasteiger partial charge in [-0.05, 0) is 19.3 Å². The Labute approximate surface area is 109 Å². The molecule has 104 valence electrons. The van der Waals surface area contributed by atoms with Crippen molar-refractivity contribution in [2.45, 2.75) is 58.0 Å². The summed E-state index contributed by atoms with van der Waals surface area (Å²) in [6, 6.07) is 0. The highest BCUT2D eigenvalue weighted by Gasteiger charge is 2.34. The number of nitrogens with zero attached hydrogens (tertiary/aromatic N) is 2. The minimum atomic E-state index is -0.199. The van der Waals surface area contributed by atoms with E-state index in [4.69, 9.17) is 15.0 Å². The van der Waals surface area contributed by atoms with E-state index >= 15 is 0 Å². The molecule has 0 saturated heterocycles. The molecule has 18 heavy (non-hydrogen) atoms. The van der Waals surface area contributed by atoms with Gasteiger partial charge in [-0.2, -0.15) is 4.98 Å². The van der Waals surface area contributed by atoms with E-state index in [1.807, 2.05) is 0 Å². The van der Waals surface area contributed by atoms with E-state index in [0.29, 0.717) is 18.3 Å². The standard InChI is InChI=1S/C13H25N3O2/c1-5-8-10(17-4)11-15-12(18-16-11)13(6-2,7-3)9-14/h10H,5-9,14H2,1-4H3. The number of aromatic nitrogens is 2. The zero-order valence-electron chi connectivity index (χ0n) is 11.9. The molecule has 5 nitrogen and oxygen atoms in total. The Morgan fingerprint density at radius 3 is 2.44 bits per heavy atom. The Kier molecular flexibility index (Phi) is 5.75. The minimum absolute atomic E-state index is 0.0864. The van der Waals surface area contributed by atoms with E-state index in [9.17, 15) is 0 Å². The number of hydrogen-bond acceptors (Lipinski definition) is 5. The molecule has 2 N–H and O–H groups in total. The van der Waals surface area contributed by atoms with Gasteiger partial charge < -0.3 is 15.0 Å². The average molecular weight is 255 g/mol. The summed E-state index contributed by atoms with van der Waals surface area (Å²) in [5, 5.41) is 4.05. The number of rotatable bonds is 8. The van der Waals surface area contributed by atoms with E-state index in [0.717, 1.165) is 25.7 Å². The first-order valence-corrected chi connectivity index (χ1v) is 6.74. The summed E-state index contributed by atoms with van der Waals surface area (Å²) in [4.78, 5) is 4.50. The van der Waals surface area contributed by atoms with Gasteiger partial charge in [0.1, 0.15) is 6.10 Å². The van der Waals surface area contributed by atoms with Crippen molar-refractivity contribution in [2.75, 3.05) is 13.7 Å². The van der Waals surface area contributed by atoms with Crippen LogP contribution in [0.4, 0.5) is 0 Å². The molecular formula is C13H25N3O2. The summed E-state index contributed by atoms with van der Waals surface area (Å²) >= 11 is 0. The first kappa shape index (κ1) is 15.1. The maximum absolute atomic E-state index is 5.88. The van der Waals surface area contributed by atoms with Crippen molar-refractivity contribution in [3.05, 3.63) is 11.7 Å². The van der Waals surface area contributed by atoms with Crippen LogP contribution >= 0.6 is 0 Å². The molecule has 1 aromatic rings. The van der Waals surface area contributed by atoms with Gasteiger partial charge >= 0.3 is 0 Å². The molecule has 5 heteroatoms. The maximum atomic E-state index is 5.88. The molecule has 0 aliphatic carbocycles. The lowest BCUT2D eigenvalue weighted by atomic mass is 9.82. The Morgan fingerprint density at radius 2 is 2.00 bits per heavy atom. The zero-order valence-corrected chi connectivity index (χ0v) is 11.9. The van der Waals surface area contributed by atoms with E-state index in [1.54, 1.807) is 7.11 Å². The van der Waals surface area contributed by atoms with Crippen LogP contribution in [-0.4, -0.2) is 23.8 Å². The highest BCUT2D eigenvalue weighted by molar-refractivity contribution is 5.06. The summed E-state index contributed by atoms with van der Waals surface area (Å²) in [6.07, 6.45) is 3.62. The maximum Gasteiger partial charge on any atom is 0.234 e. The van der Waals surface area contributed by atoms with Crippen LogP contribution in [0.25, 0.3) is 0 Å². The fourth-order valence-electron chi connectivity index (χ4n) is 2.12. The summed E-state index contributed by atoms with van der Waals surface area (Å²) in [5.41, 5.74) is 5.68. The first-order chi connectivity index (χ1) is 8.67. The van der Waals surface area contributed by atoms with Crippen molar-refractivity contribution in [1.82, 2.24) is 10.1 Å². The predicted octanol–water partition coefficient (Wildman–Crippen LogP) is 2.57. The van der Waals surface area contributed by atoms with E-state index in [1.165, 1.54) is 0 Å². The molecule has 1 heterocycles. The largest absolute Gasteiger partial charge is 0.373 e. The van der Waals surface area contributed by atoms with Gasteiger partial charge in [0, 0.05) is 13.7 Å². The van der Waals surface area contributed by atoms with Crippen LogP contribution in [0.5, 0.6) is 0 Å². The Bertz CT molecular complexity index is 339. The SMILES string of the molecule is CCCC(OC)c1noc(C(CC)(CC)CN)n1. The molecule has 0 amide bonds. The van der Waals surface area contributed by atoms with Gasteiger partial charge in [0.15, 0.2) is 0 Å². The Morgan fingerprint density at radius 1 is 1.33 bits per heavy atom. The molecule has 1 unspecified atom stereocenters. The van der Waals surface area contributed by atoms with Crippen molar-refractivity contribution in [1.29, 1.82) is 0 Å². The Balaban J connectivity index is 2.96. The first-order valence-electron chi connectivity index (χ1n) is 6.74. The predicted molar refractivity (Wildman–Crippen MR) is 70.3 cm³/mol. The van der Waals surface area contributed by atoms with Crippen LogP contribution < -0.4 is 5.73 Å². The van der Waals surface area contributed by atoms with Crippen LogP contribution in [0.1, 0.15) is 64.3 Å². The molecule has 0 spiro atoms. The second kappa shape index (κ2) is 6.85. The molecule has 1 atom stereocenters. The third kappa shape index (κ3) is 2.90. The van der Waals surface area contributed by atoms with Gasteiger partial charge in [0.2, 0.25) is 11.7 Å². The van der Waals surface area contributed by atoms with E-state index in [-0.39, 0.29) is 11.5 Å². The van der Waals surface area contributed by atoms with Crippen molar-refractivity contribution in [2.24, 2.45) is 5.73 Å².